The van der Waals surface area contributed by atoms with E-state index < -0.39 is 23.8 Å². The summed E-state index contributed by atoms with van der Waals surface area (Å²) >= 11 is 1.34. The van der Waals surface area contributed by atoms with E-state index in [2.05, 4.69) is 5.32 Å². The zero-order valence-corrected chi connectivity index (χ0v) is 14.5. The minimum atomic E-state index is -0.893. The lowest BCUT2D eigenvalue weighted by Gasteiger charge is -2.26. The number of hydrogen-bond acceptors (Lipinski definition) is 5. The summed E-state index contributed by atoms with van der Waals surface area (Å²) < 4.78 is 4.77. The van der Waals surface area contributed by atoms with Gasteiger partial charge in [0, 0.05) is 4.88 Å². The van der Waals surface area contributed by atoms with Crippen LogP contribution in [0.3, 0.4) is 0 Å². The van der Waals surface area contributed by atoms with Gasteiger partial charge in [-0.15, -0.1) is 11.3 Å². The Kier molecular flexibility index (Phi) is 4.62. The molecule has 0 spiro atoms. The number of anilines is 1. The molecule has 2 bridgehead atoms. The molecule has 0 unspecified atom stereocenters. The number of thiophene rings is 1. The van der Waals surface area contributed by atoms with Crippen molar-refractivity contribution in [3.05, 3.63) is 16.5 Å². The summed E-state index contributed by atoms with van der Waals surface area (Å²) in [5, 5.41) is 12.8. The summed E-state index contributed by atoms with van der Waals surface area (Å²) in [7, 11) is 1.30. The molecule has 1 aromatic rings. The highest BCUT2D eigenvalue weighted by Crippen LogP contribution is 2.52. The Morgan fingerprint density at radius 1 is 1.29 bits per heavy atom. The number of amides is 1. The monoisotopic (exact) mass is 351 g/mol. The summed E-state index contributed by atoms with van der Waals surface area (Å²) in [6.07, 6.45) is 3.35. The SMILES string of the molecule is CCc1cc(C(=O)OC)c(NC(=O)[C@H]2[C@H]3CC[C@@H](C3)[C@H]2C(=O)O)s1. The normalized spacial score (nSPS) is 27.9. The molecule has 2 saturated carbocycles. The van der Waals surface area contributed by atoms with Crippen LogP contribution in [0.15, 0.2) is 6.07 Å². The van der Waals surface area contributed by atoms with Crippen LogP contribution in [-0.2, 0) is 20.7 Å². The standard InChI is InChI=1S/C17H21NO5S/c1-3-10-7-11(17(22)23-2)15(24-10)18-14(19)12-8-4-5-9(6-8)13(12)16(20)21/h7-9,12-13H,3-6H2,1-2H3,(H,18,19)(H,20,21)/t8-,9-,12-,13+/m0/s1. The predicted octanol–water partition coefficient (Wildman–Crippen LogP) is 2.78. The number of nitrogens with one attached hydrogen (secondary N) is 1. The van der Waals surface area contributed by atoms with Gasteiger partial charge in [-0.1, -0.05) is 6.92 Å². The van der Waals surface area contributed by atoms with Crippen LogP contribution in [0.2, 0.25) is 0 Å². The van der Waals surface area contributed by atoms with Crippen molar-refractivity contribution in [2.75, 3.05) is 12.4 Å². The maximum Gasteiger partial charge on any atom is 0.340 e. The van der Waals surface area contributed by atoms with Crippen LogP contribution in [0.4, 0.5) is 5.00 Å². The van der Waals surface area contributed by atoms with E-state index in [4.69, 9.17) is 4.74 Å². The van der Waals surface area contributed by atoms with Gasteiger partial charge in [0.1, 0.15) is 5.00 Å². The average Bonchev–Trinajstić information content (AvgIpc) is 3.27. The fourth-order valence-corrected chi connectivity index (χ4v) is 5.18. The van der Waals surface area contributed by atoms with Crippen LogP contribution in [0.5, 0.6) is 0 Å². The highest BCUT2D eigenvalue weighted by Gasteiger charge is 2.54. The first-order valence-electron chi connectivity index (χ1n) is 8.20. The number of methoxy groups -OCH3 is 1. The smallest absolute Gasteiger partial charge is 0.340 e. The van der Waals surface area contributed by atoms with Gasteiger partial charge in [-0.2, -0.15) is 0 Å². The molecule has 130 valence electrons. The van der Waals surface area contributed by atoms with Gasteiger partial charge >= 0.3 is 11.9 Å². The number of aliphatic carboxylic acids is 1. The maximum atomic E-state index is 12.8. The van der Waals surface area contributed by atoms with Crippen molar-refractivity contribution in [1.29, 1.82) is 0 Å². The third-order valence-corrected chi connectivity index (χ3v) is 6.47. The van der Waals surface area contributed by atoms with Crippen molar-refractivity contribution >= 4 is 34.2 Å². The molecular weight excluding hydrogens is 330 g/mol. The summed E-state index contributed by atoms with van der Waals surface area (Å²) in [6.45, 7) is 1.97. The highest BCUT2D eigenvalue weighted by molar-refractivity contribution is 7.16. The Bertz CT molecular complexity index is 683. The van der Waals surface area contributed by atoms with Gasteiger partial charge < -0.3 is 15.2 Å². The molecule has 3 rings (SSSR count). The molecular formula is C17H21NO5S. The molecule has 2 N–H and O–H groups in total. The van der Waals surface area contributed by atoms with Crippen LogP contribution < -0.4 is 5.32 Å². The average molecular weight is 351 g/mol. The van der Waals surface area contributed by atoms with Gasteiger partial charge in [-0.3, -0.25) is 9.59 Å². The molecule has 1 aromatic heterocycles. The second-order valence-corrected chi connectivity index (χ2v) is 7.65. The highest BCUT2D eigenvalue weighted by atomic mass is 32.1. The molecule has 2 aliphatic rings. The fourth-order valence-electron chi connectivity index (χ4n) is 4.19. The number of rotatable bonds is 5. The number of hydrogen-bond donors (Lipinski definition) is 2. The number of ether oxygens (including phenoxy) is 1. The lowest BCUT2D eigenvalue weighted by atomic mass is 9.79. The van der Waals surface area contributed by atoms with E-state index in [9.17, 15) is 19.5 Å². The number of esters is 1. The quantitative estimate of drug-likeness (QED) is 0.796. The van der Waals surface area contributed by atoms with Crippen LogP contribution in [-0.4, -0.2) is 30.1 Å². The molecule has 24 heavy (non-hydrogen) atoms. The Labute approximate surface area is 144 Å². The lowest BCUT2D eigenvalue weighted by molar-refractivity contribution is -0.148. The molecule has 1 amide bonds. The van der Waals surface area contributed by atoms with E-state index in [-0.39, 0.29) is 17.7 Å². The van der Waals surface area contributed by atoms with Crippen LogP contribution in [0.1, 0.15) is 41.4 Å². The molecule has 1 heterocycles. The first kappa shape index (κ1) is 17.0. The van der Waals surface area contributed by atoms with Crippen molar-refractivity contribution in [1.82, 2.24) is 0 Å². The topological polar surface area (TPSA) is 92.7 Å². The Morgan fingerprint density at radius 2 is 1.96 bits per heavy atom. The van der Waals surface area contributed by atoms with E-state index in [1.54, 1.807) is 6.07 Å². The largest absolute Gasteiger partial charge is 0.481 e. The summed E-state index contributed by atoms with van der Waals surface area (Å²) in [5.41, 5.74) is 0.336. The van der Waals surface area contributed by atoms with Crippen LogP contribution in [0, 0.1) is 23.7 Å². The molecule has 6 nitrogen and oxygen atoms in total. The van der Waals surface area contributed by atoms with Crippen molar-refractivity contribution in [2.45, 2.75) is 32.6 Å². The molecule has 4 atom stereocenters. The minimum absolute atomic E-state index is 0.0952. The van der Waals surface area contributed by atoms with Crippen molar-refractivity contribution in [3.63, 3.8) is 0 Å². The molecule has 2 fully saturated rings. The third kappa shape index (κ3) is 2.81. The fraction of sp³-hybridized carbons (Fsp3) is 0.588. The van der Waals surface area contributed by atoms with Gasteiger partial charge in [0.2, 0.25) is 5.91 Å². The second kappa shape index (κ2) is 6.55. The number of carboxylic acids is 1. The number of carboxylic acid groups (broad SMARTS) is 1. The molecule has 0 radical (unpaired) electrons. The molecule has 2 aliphatic carbocycles. The van der Waals surface area contributed by atoms with Crippen molar-refractivity contribution in [2.24, 2.45) is 23.7 Å². The zero-order chi connectivity index (χ0) is 17.4. The maximum absolute atomic E-state index is 12.8. The molecule has 0 aromatic carbocycles. The molecule has 7 heteroatoms. The Balaban J connectivity index is 1.83. The Morgan fingerprint density at radius 3 is 2.54 bits per heavy atom. The van der Waals surface area contributed by atoms with E-state index in [0.717, 1.165) is 30.6 Å². The number of fused-ring (bicyclic) bond motifs is 2. The predicted molar refractivity (Wildman–Crippen MR) is 89.1 cm³/mol. The number of carbonyl (C=O) groups is 3. The number of carbonyl (C=O) groups excluding carboxylic acids is 2. The van der Waals surface area contributed by atoms with Gasteiger partial charge in [0.05, 0.1) is 24.5 Å². The minimum Gasteiger partial charge on any atom is -0.481 e. The van der Waals surface area contributed by atoms with Crippen LogP contribution in [0.25, 0.3) is 0 Å². The first-order valence-corrected chi connectivity index (χ1v) is 9.02. The summed E-state index contributed by atoms with van der Waals surface area (Å²) in [5.74, 6) is -2.58. The van der Waals surface area contributed by atoms with E-state index in [0.29, 0.717) is 10.6 Å². The lowest BCUT2D eigenvalue weighted by Crippen LogP contribution is -2.37. The van der Waals surface area contributed by atoms with E-state index >= 15 is 0 Å². The second-order valence-electron chi connectivity index (χ2n) is 6.51. The third-order valence-electron chi connectivity index (χ3n) is 5.28. The molecule has 0 saturated heterocycles. The number of aryl methyl sites for hydroxylation is 1. The van der Waals surface area contributed by atoms with Crippen molar-refractivity contribution in [3.8, 4) is 0 Å². The van der Waals surface area contributed by atoms with Gasteiger partial charge in [0.25, 0.3) is 0 Å². The first-order chi connectivity index (χ1) is 11.5. The van der Waals surface area contributed by atoms with Gasteiger partial charge in [-0.05, 0) is 43.6 Å². The van der Waals surface area contributed by atoms with Crippen LogP contribution >= 0.6 is 11.3 Å². The zero-order valence-electron chi connectivity index (χ0n) is 13.7. The van der Waals surface area contributed by atoms with Crippen molar-refractivity contribution < 1.29 is 24.2 Å². The van der Waals surface area contributed by atoms with Gasteiger partial charge in [0.15, 0.2) is 0 Å². The molecule has 0 aliphatic heterocycles. The Hall–Kier alpha value is -1.89. The summed E-state index contributed by atoms with van der Waals surface area (Å²) in [6, 6.07) is 1.72. The van der Waals surface area contributed by atoms with E-state index in [1.807, 2.05) is 6.92 Å². The van der Waals surface area contributed by atoms with Gasteiger partial charge in [-0.25, -0.2) is 4.79 Å². The summed E-state index contributed by atoms with van der Waals surface area (Å²) in [4.78, 5) is 37.2. The van der Waals surface area contributed by atoms with E-state index in [1.165, 1.54) is 18.4 Å².